The molecule has 0 spiro atoms. The highest BCUT2D eigenvalue weighted by Crippen LogP contribution is 2.23. The molecule has 94 valence electrons. The first-order chi connectivity index (χ1) is 8.30. The summed E-state index contributed by atoms with van der Waals surface area (Å²) >= 11 is 5.34. The number of benzene rings is 1. The van der Waals surface area contributed by atoms with Gasteiger partial charge in [0, 0.05) is 17.5 Å². The SMILES string of the molecule is CC(C)(C)C(=S)n1nnc2ccc([N+](=O)[O-])cc21. The topological polar surface area (TPSA) is 73.8 Å². The smallest absolute Gasteiger partial charge is 0.258 e. The van der Waals surface area contributed by atoms with E-state index in [2.05, 4.69) is 10.3 Å². The van der Waals surface area contributed by atoms with E-state index in [-0.39, 0.29) is 11.1 Å². The van der Waals surface area contributed by atoms with Gasteiger partial charge in [-0.05, 0) is 6.07 Å². The number of hydrogen-bond donors (Lipinski definition) is 0. The normalized spacial score (nSPS) is 11.7. The summed E-state index contributed by atoms with van der Waals surface area (Å²) in [7, 11) is 0. The van der Waals surface area contributed by atoms with Gasteiger partial charge in [0.1, 0.15) is 16.0 Å². The van der Waals surface area contributed by atoms with Crippen molar-refractivity contribution in [1.82, 2.24) is 15.0 Å². The molecule has 2 rings (SSSR count). The van der Waals surface area contributed by atoms with E-state index in [1.165, 1.54) is 16.8 Å². The van der Waals surface area contributed by atoms with Crippen molar-refractivity contribution in [3.8, 4) is 0 Å². The number of hydrogen-bond acceptors (Lipinski definition) is 5. The van der Waals surface area contributed by atoms with Crippen LogP contribution in [0.5, 0.6) is 0 Å². The molecule has 7 heteroatoms. The Morgan fingerprint density at radius 2 is 2.11 bits per heavy atom. The highest BCUT2D eigenvalue weighted by Gasteiger charge is 2.22. The Morgan fingerprint density at radius 1 is 1.44 bits per heavy atom. The van der Waals surface area contributed by atoms with Crippen LogP contribution in [0.25, 0.3) is 11.0 Å². The molecule has 6 nitrogen and oxygen atoms in total. The van der Waals surface area contributed by atoms with Gasteiger partial charge in [-0.3, -0.25) is 10.1 Å². The van der Waals surface area contributed by atoms with Crippen LogP contribution >= 0.6 is 12.2 Å². The number of fused-ring (bicyclic) bond motifs is 1. The lowest BCUT2D eigenvalue weighted by Crippen LogP contribution is -2.26. The first-order valence-corrected chi connectivity index (χ1v) is 5.76. The van der Waals surface area contributed by atoms with Crippen LogP contribution in [0.4, 0.5) is 5.69 Å². The molecule has 0 atom stereocenters. The number of nitro benzene ring substituents is 1. The van der Waals surface area contributed by atoms with Crippen molar-refractivity contribution in [3.63, 3.8) is 0 Å². The molecule has 1 aromatic carbocycles. The largest absolute Gasteiger partial charge is 0.271 e. The third-order valence-corrected chi connectivity index (χ3v) is 3.26. The molecule has 0 aliphatic carbocycles. The summed E-state index contributed by atoms with van der Waals surface area (Å²) in [5.74, 6) is 0. The van der Waals surface area contributed by atoms with E-state index in [1.807, 2.05) is 20.8 Å². The molecule has 0 aliphatic heterocycles. The number of thiocarbonyl (C=S) groups is 1. The zero-order chi connectivity index (χ0) is 13.5. The number of rotatable bonds is 1. The van der Waals surface area contributed by atoms with Crippen molar-refractivity contribution in [2.45, 2.75) is 20.8 Å². The summed E-state index contributed by atoms with van der Waals surface area (Å²) in [4.78, 5) is 10.9. The number of non-ortho nitro benzene ring substituents is 1. The fourth-order valence-corrected chi connectivity index (χ4v) is 1.62. The average Bonchev–Trinajstić information content (AvgIpc) is 2.68. The van der Waals surface area contributed by atoms with Crippen LogP contribution in [0.2, 0.25) is 0 Å². The molecule has 0 unspecified atom stereocenters. The van der Waals surface area contributed by atoms with E-state index in [0.717, 1.165) is 0 Å². The summed E-state index contributed by atoms with van der Waals surface area (Å²) in [6, 6.07) is 4.41. The van der Waals surface area contributed by atoms with Crippen molar-refractivity contribution in [3.05, 3.63) is 28.3 Å². The van der Waals surface area contributed by atoms with E-state index >= 15 is 0 Å². The standard InChI is InChI=1S/C11H12N4O2S/c1-11(2,3)10(18)14-9-6-7(15(16)17)4-5-8(9)12-13-14/h4-6H,1-3H3. The van der Waals surface area contributed by atoms with Crippen molar-refractivity contribution in [2.75, 3.05) is 0 Å². The Hall–Kier alpha value is -1.89. The van der Waals surface area contributed by atoms with Crippen LogP contribution in [0.15, 0.2) is 18.2 Å². The summed E-state index contributed by atoms with van der Waals surface area (Å²) in [6.07, 6.45) is 0. The first-order valence-electron chi connectivity index (χ1n) is 5.35. The fraction of sp³-hybridized carbons (Fsp3) is 0.364. The Labute approximate surface area is 109 Å². The number of aromatic nitrogens is 3. The van der Waals surface area contributed by atoms with Gasteiger partial charge in [0.2, 0.25) is 0 Å². The lowest BCUT2D eigenvalue weighted by Gasteiger charge is -2.19. The van der Waals surface area contributed by atoms with Crippen LogP contribution in [0.1, 0.15) is 20.8 Å². The molecule has 1 heterocycles. The van der Waals surface area contributed by atoms with E-state index in [4.69, 9.17) is 12.2 Å². The van der Waals surface area contributed by atoms with Crippen LogP contribution in [-0.4, -0.2) is 24.9 Å². The average molecular weight is 264 g/mol. The third kappa shape index (κ3) is 2.08. The Bertz CT molecular complexity index is 642. The highest BCUT2D eigenvalue weighted by molar-refractivity contribution is 7.80. The fourth-order valence-electron chi connectivity index (χ4n) is 1.49. The van der Waals surface area contributed by atoms with E-state index in [0.29, 0.717) is 16.0 Å². The van der Waals surface area contributed by atoms with Crippen molar-refractivity contribution in [1.29, 1.82) is 0 Å². The van der Waals surface area contributed by atoms with Crippen LogP contribution in [0.3, 0.4) is 0 Å². The van der Waals surface area contributed by atoms with Gasteiger partial charge in [0.25, 0.3) is 5.69 Å². The predicted octanol–water partition coefficient (Wildman–Crippen LogP) is 2.56. The molecule has 0 saturated carbocycles. The Kier molecular flexibility index (Phi) is 2.86. The summed E-state index contributed by atoms with van der Waals surface area (Å²) in [5, 5.41) is 18.7. The Morgan fingerprint density at radius 3 is 2.67 bits per heavy atom. The Balaban J connectivity index is 2.62. The van der Waals surface area contributed by atoms with Gasteiger partial charge in [-0.2, -0.15) is 0 Å². The molecule has 0 radical (unpaired) electrons. The predicted molar refractivity (Wildman–Crippen MR) is 71.6 cm³/mol. The molecular formula is C11H12N4O2S. The molecule has 0 bridgehead atoms. The first kappa shape index (κ1) is 12.6. The van der Waals surface area contributed by atoms with Gasteiger partial charge >= 0.3 is 0 Å². The molecular weight excluding hydrogens is 252 g/mol. The van der Waals surface area contributed by atoms with Crippen molar-refractivity contribution < 1.29 is 4.92 Å². The minimum Gasteiger partial charge on any atom is -0.258 e. The zero-order valence-electron chi connectivity index (χ0n) is 10.2. The second kappa shape index (κ2) is 4.09. The van der Waals surface area contributed by atoms with Crippen molar-refractivity contribution >= 4 is 33.9 Å². The molecule has 2 aromatic rings. The maximum atomic E-state index is 10.8. The summed E-state index contributed by atoms with van der Waals surface area (Å²) < 4.78 is 1.48. The van der Waals surface area contributed by atoms with E-state index in [9.17, 15) is 10.1 Å². The molecule has 0 N–H and O–H groups in total. The molecule has 18 heavy (non-hydrogen) atoms. The van der Waals surface area contributed by atoms with E-state index < -0.39 is 4.92 Å². The highest BCUT2D eigenvalue weighted by atomic mass is 32.1. The van der Waals surface area contributed by atoms with Gasteiger partial charge in [-0.15, -0.1) is 5.10 Å². The van der Waals surface area contributed by atoms with Gasteiger partial charge in [0.05, 0.1) is 4.92 Å². The van der Waals surface area contributed by atoms with Crippen LogP contribution in [-0.2, 0) is 0 Å². The minimum atomic E-state index is -0.448. The quantitative estimate of drug-likeness (QED) is 0.449. The number of nitrogens with zero attached hydrogens (tertiary/aromatic N) is 4. The van der Waals surface area contributed by atoms with Crippen molar-refractivity contribution in [2.24, 2.45) is 5.41 Å². The lowest BCUT2D eigenvalue weighted by atomic mass is 9.97. The molecule has 0 amide bonds. The van der Waals surface area contributed by atoms with Crippen LogP contribution < -0.4 is 0 Å². The van der Waals surface area contributed by atoms with Gasteiger partial charge < -0.3 is 0 Å². The number of nitro groups is 1. The summed E-state index contributed by atoms with van der Waals surface area (Å²) in [5.41, 5.74) is 0.889. The van der Waals surface area contributed by atoms with Gasteiger partial charge in [-0.25, -0.2) is 4.68 Å². The lowest BCUT2D eigenvalue weighted by molar-refractivity contribution is -0.384. The molecule has 0 aliphatic rings. The monoisotopic (exact) mass is 264 g/mol. The second-order valence-corrected chi connectivity index (χ2v) is 5.37. The summed E-state index contributed by atoms with van der Waals surface area (Å²) in [6.45, 7) is 5.88. The molecule has 0 saturated heterocycles. The van der Waals surface area contributed by atoms with Gasteiger partial charge in [-0.1, -0.05) is 38.2 Å². The zero-order valence-corrected chi connectivity index (χ0v) is 11.1. The van der Waals surface area contributed by atoms with Crippen LogP contribution in [0, 0.1) is 15.5 Å². The minimum absolute atomic E-state index is 0.00255. The molecule has 1 aromatic heterocycles. The maximum Gasteiger partial charge on any atom is 0.271 e. The second-order valence-electron chi connectivity index (χ2n) is 4.99. The van der Waals surface area contributed by atoms with E-state index in [1.54, 1.807) is 6.07 Å². The molecule has 0 fully saturated rings. The van der Waals surface area contributed by atoms with Gasteiger partial charge in [0.15, 0.2) is 0 Å². The maximum absolute atomic E-state index is 10.8. The third-order valence-electron chi connectivity index (χ3n) is 2.47.